The molecule has 8 heteroatoms. The van der Waals surface area contributed by atoms with Crippen molar-refractivity contribution < 1.29 is 19.2 Å². The minimum atomic E-state index is -0.687. The largest absolute Gasteiger partial charge is 0.463 e. The highest BCUT2D eigenvalue weighted by Gasteiger charge is 2.39. The molecule has 1 N–H and O–H groups in total. The van der Waals surface area contributed by atoms with E-state index in [0.717, 1.165) is 12.1 Å². The quantitative estimate of drug-likeness (QED) is 0.461. The second-order valence-electron chi connectivity index (χ2n) is 7.39. The second-order valence-corrected chi connectivity index (χ2v) is 7.39. The first-order valence-electron chi connectivity index (χ1n) is 9.63. The minimum absolute atomic E-state index is 0.0441. The van der Waals surface area contributed by atoms with Gasteiger partial charge in [0.15, 0.2) is 5.78 Å². The fourth-order valence-electron chi connectivity index (χ4n) is 4.04. The zero-order valence-electron chi connectivity index (χ0n) is 17.1. The summed E-state index contributed by atoms with van der Waals surface area (Å²) in [4.78, 5) is 38.5. The SMILES string of the molecule is CCOC(=O)C1=C(C)NC2=C(C(=O)CCC2)[C@@H]1c1ccc(N(C)C)c([N+](=O)[O-])c1. The summed E-state index contributed by atoms with van der Waals surface area (Å²) in [6, 6.07) is 4.86. The second kappa shape index (κ2) is 8.06. The van der Waals surface area contributed by atoms with Gasteiger partial charge in [-0.3, -0.25) is 14.9 Å². The fourth-order valence-corrected chi connectivity index (χ4v) is 4.04. The summed E-state index contributed by atoms with van der Waals surface area (Å²) in [6.45, 7) is 3.68. The van der Waals surface area contributed by atoms with Crippen molar-refractivity contribution in [3.63, 3.8) is 0 Å². The van der Waals surface area contributed by atoms with E-state index in [1.807, 2.05) is 0 Å². The lowest BCUT2D eigenvalue weighted by molar-refractivity contribution is -0.384. The molecule has 1 aromatic carbocycles. The molecule has 1 heterocycles. The van der Waals surface area contributed by atoms with Gasteiger partial charge in [0.25, 0.3) is 5.69 Å². The van der Waals surface area contributed by atoms with E-state index in [1.54, 1.807) is 45.0 Å². The lowest BCUT2D eigenvalue weighted by Gasteiger charge is -2.34. The highest BCUT2D eigenvalue weighted by Crippen LogP contribution is 2.44. The Balaban J connectivity index is 2.22. The highest BCUT2D eigenvalue weighted by atomic mass is 16.6. The van der Waals surface area contributed by atoms with E-state index in [9.17, 15) is 19.7 Å². The van der Waals surface area contributed by atoms with Crippen molar-refractivity contribution in [2.75, 3.05) is 25.6 Å². The molecule has 154 valence electrons. The molecule has 0 aromatic heterocycles. The van der Waals surface area contributed by atoms with E-state index in [4.69, 9.17) is 4.74 Å². The van der Waals surface area contributed by atoms with Gasteiger partial charge in [-0.1, -0.05) is 6.07 Å². The Morgan fingerprint density at radius 3 is 2.69 bits per heavy atom. The van der Waals surface area contributed by atoms with Crippen molar-refractivity contribution in [1.82, 2.24) is 5.32 Å². The van der Waals surface area contributed by atoms with E-state index >= 15 is 0 Å². The van der Waals surface area contributed by atoms with E-state index in [0.29, 0.717) is 40.9 Å². The first kappa shape index (κ1) is 20.6. The number of hydrogen-bond acceptors (Lipinski definition) is 7. The molecule has 0 spiro atoms. The predicted molar refractivity (Wildman–Crippen MR) is 109 cm³/mol. The van der Waals surface area contributed by atoms with Gasteiger partial charge in [0.05, 0.1) is 17.1 Å². The van der Waals surface area contributed by atoms with Crippen LogP contribution in [-0.4, -0.2) is 37.4 Å². The van der Waals surface area contributed by atoms with Gasteiger partial charge in [0.1, 0.15) is 5.69 Å². The predicted octanol–water partition coefficient (Wildman–Crippen LogP) is 3.19. The van der Waals surface area contributed by atoms with Crippen LogP contribution in [0, 0.1) is 10.1 Å². The molecule has 1 atom stereocenters. The normalized spacial score (nSPS) is 18.9. The summed E-state index contributed by atoms with van der Waals surface area (Å²) in [5.41, 5.74) is 3.16. The van der Waals surface area contributed by atoms with Gasteiger partial charge in [0, 0.05) is 49.5 Å². The Kier molecular flexibility index (Phi) is 5.72. The summed E-state index contributed by atoms with van der Waals surface area (Å²) in [5, 5.41) is 14.9. The zero-order chi connectivity index (χ0) is 21.3. The molecule has 0 bridgehead atoms. The number of ether oxygens (including phenoxy) is 1. The summed E-state index contributed by atoms with van der Waals surface area (Å²) in [5.74, 6) is -1.25. The van der Waals surface area contributed by atoms with E-state index in [2.05, 4.69) is 5.32 Å². The Morgan fingerprint density at radius 2 is 2.07 bits per heavy atom. The monoisotopic (exact) mass is 399 g/mol. The number of hydrogen-bond donors (Lipinski definition) is 1. The summed E-state index contributed by atoms with van der Waals surface area (Å²) in [7, 11) is 3.46. The number of rotatable bonds is 5. The zero-order valence-corrected chi connectivity index (χ0v) is 17.1. The van der Waals surface area contributed by atoms with Gasteiger partial charge in [-0.2, -0.15) is 0 Å². The average molecular weight is 399 g/mol. The molecule has 3 rings (SSSR count). The molecule has 0 amide bonds. The molecule has 1 aromatic rings. The number of carbonyl (C=O) groups is 2. The maximum Gasteiger partial charge on any atom is 0.336 e. The molecule has 1 aliphatic carbocycles. The molecule has 0 saturated heterocycles. The van der Waals surface area contributed by atoms with Gasteiger partial charge in [-0.15, -0.1) is 0 Å². The van der Waals surface area contributed by atoms with Gasteiger partial charge in [-0.25, -0.2) is 4.79 Å². The highest BCUT2D eigenvalue weighted by molar-refractivity contribution is 6.03. The maximum absolute atomic E-state index is 12.8. The third-order valence-corrected chi connectivity index (χ3v) is 5.28. The lowest BCUT2D eigenvalue weighted by Crippen LogP contribution is -2.34. The first-order chi connectivity index (χ1) is 13.8. The molecule has 8 nitrogen and oxygen atoms in total. The summed E-state index contributed by atoms with van der Waals surface area (Å²) in [6.07, 6.45) is 1.83. The van der Waals surface area contributed by atoms with Crippen LogP contribution in [0.3, 0.4) is 0 Å². The topological polar surface area (TPSA) is 102 Å². The molecule has 0 unspecified atom stereocenters. The number of allylic oxidation sites excluding steroid dienone is 3. The Labute approximate surface area is 169 Å². The van der Waals surface area contributed by atoms with Crippen molar-refractivity contribution in [1.29, 1.82) is 0 Å². The Hall–Kier alpha value is -3.16. The van der Waals surface area contributed by atoms with Crippen LogP contribution >= 0.6 is 0 Å². The molecule has 2 aliphatic rings. The number of nitro benzene ring substituents is 1. The summed E-state index contributed by atoms with van der Waals surface area (Å²) >= 11 is 0. The van der Waals surface area contributed by atoms with Gasteiger partial charge >= 0.3 is 5.97 Å². The first-order valence-corrected chi connectivity index (χ1v) is 9.63. The van der Waals surface area contributed by atoms with E-state index in [1.165, 1.54) is 6.07 Å². The van der Waals surface area contributed by atoms with Crippen LogP contribution < -0.4 is 10.2 Å². The maximum atomic E-state index is 12.8. The number of anilines is 1. The number of nitro groups is 1. The van der Waals surface area contributed by atoms with Crippen molar-refractivity contribution in [2.24, 2.45) is 0 Å². The van der Waals surface area contributed by atoms with Crippen LogP contribution in [0.1, 0.15) is 44.6 Å². The van der Waals surface area contributed by atoms with E-state index < -0.39 is 16.8 Å². The van der Waals surface area contributed by atoms with Crippen molar-refractivity contribution in [2.45, 2.75) is 39.0 Å². The lowest BCUT2D eigenvalue weighted by atomic mass is 9.75. The number of dihydropyridines is 1. The number of nitrogens with zero attached hydrogens (tertiary/aromatic N) is 2. The van der Waals surface area contributed by atoms with Crippen LogP contribution in [0.15, 0.2) is 40.7 Å². The van der Waals surface area contributed by atoms with Crippen LogP contribution in [0.5, 0.6) is 0 Å². The molecular formula is C21H25N3O5. The van der Waals surface area contributed by atoms with Gasteiger partial charge in [0.2, 0.25) is 0 Å². The molecular weight excluding hydrogens is 374 g/mol. The minimum Gasteiger partial charge on any atom is -0.463 e. The van der Waals surface area contributed by atoms with Crippen molar-refractivity contribution >= 4 is 23.1 Å². The van der Waals surface area contributed by atoms with E-state index in [-0.39, 0.29) is 18.1 Å². The fraction of sp³-hybridized carbons (Fsp3) is 0.429. The van der Waals surface area contributed by atoms with Crippen LogP contribution in [0.2, 0.25) is 0 Å². The van der Waals surface area contributed by atoms with Crippen LogP contribution in [0.25, 0.3) is 0 Å². The number of ketones is 1. The molecule has 0 fully saturated rings. The number of nitrogens with one attached hydrogen (secondary N) is 1. The smallest absolute Gasteiger partial charge is 0.336 e. The number of benzene rings is 1. The van der Waals surface area contributed by atoms with Crippen LogP contribution in [-0.2, 0) is 14.3 Å². The Morgan fingerprint density at radius 1 is 1.34 bits per heavy atom. The third kappa shape index (κ3) is 3.74. The molecule has 1 aliphatic heterocycles. The number of esters is 1. The van der Waals surface area contributed by atoms with Gasteiger partial charge < -0.3 is 15.0 Å². The molecule has 0 saturated carbocycles. The third-order valence-electron chi connectivity index (χ3n) is 5.28. The summed E-state index contributed by atoms with van der Waals surface area (Å²) < 4.78 is 5.25. The standard InChI is InChI=1S/C21H25N3O5/c1-5-29-21(26)18-12(2)22-14-7-6-8-17(25)20(14)19(18)13-9-10-15(23(3)4)16(11-13)24(27)28/h9-11,19,22H,5-8H2,1-4H3/t19-/m1/s1. The van der Waals surface area contributed by atoms with Crippen LogP contribution in [0.4, 0.5) is 11.4 Å². The molecule has 29 heavy (non-hydrogen) atoms. The molecule has 0 radical (unpaired) electrons. The average Bonchev–Trinajstić information content (AvgIpc) is 2.66. The van der Waals surface area contributed by atoms with Crippen molar-refractivity contribution in [3.05, 3.63) is 56.4 Å². The van der Waals surface area contributed by atoms with Gasteiger partial charge in [-0.05, 0) is 38.3 Å². The number of carbonyl (C=O) groups excluding carboxylic acids is 2. The van der Waals surface area contributed by atoms with Crippen molar-refractivity contribution in [3.8, 4) is 0 Å². The number of Topliss-reactive ketones (excluding diaryl/α,β-unsaturated/α-hetero) is 1. The Bertz CT molecular complexity index is 946.